The van der Waals surface area contributed by atoms with Gasteiger partial charge in [0.15, 0.2) is 11.6 Å². The van der Waals surface area contributed by atoms with Gasteiger partial charge in [-0.1, -0.05) is 6.08 Å². The number of aromatic nitrogens is 4. The van der Waals surface area contributed by atoms with Gasteiger partial charge in [0, 0.05) is 75.7 Å². The van der Waals surface area contributed by atoms with Crippen molar-refractivity contribution in [3.05, 3.63) is 87.2 Å². The smallest absolute Gasteiger partial charge is 0.354 e. The van der Waals surface area contributed by atoms with Crippen molar-refractivity contribution in [2.75, 3.05) is 39.5 Å². The number of fused-ring (bicyclic) bond motifs is 1. The molecule has 1 aliphatic heterocycles. The number of hydrogen-bond acceptors (Lipinski definition) is 6. The molecule has 0 saturated carbocycles. The quantitative estimate of drug-likeness (QED) is 0.378. The number of pyridine rings is 1. The summed E-state index contributed by atoms with van der Waals surface area (Å²) >= 11 is 0. The maximum Gasteiger partial charge on any atom is 0.354 e. The predicted molar refractivity (Wildman–Crippen MR) is 155 cm³/mol. The first-order valence-corrected chi connectivity index (χ1v) is 13.4. The fourth-order valence-electron chi connectivity index (χ4n) is 5.60. The highest BCUT2D eigenvalue weighted by molar-refractivity contribution is 5.94. The van der Waals surface area contributed by atoms with Crippen molar-refractivity contribution in [3.63, 3.8) is 0 Å². The molecule has 0 bridgehead atoms. The SMILES string of the molecule is CNc1nc(=O)n(-c2ccnc3c2cc([C@H](C)N2CC=C(c4c(C)cc(C(=O)N(C)C)cc4F)CC2)n3C)cc1F. The Balaban J connectivity index is 1.44. The second kappa shape index (κ2) is 10.9. The molecule has 41 heavy (non-hydrogen) atoms. The molecule has 0 radical (unpaired) electrons. The maximum absolute atomic E-state index is 15.2. The molecule has 1 N–H and O–H groups in total. The van der Waals surface area contributed by atoms with E-state index in [-0.39, 0.29) is 23.6 Å². The molecule has 0 aliphatic carbocycles. The Hall–Kier alpha value is -4.38. The Bertz CT molecular complexity index is 1730. The number of anilines is 1. The number of halogens is 2. The number of benzene rings is 1. The van der Waals surface area contributed by atoms with Crippen LogP contribution in [0.4, 0.5) is 14.6 Å². The molecule has 0 saturated heterocycles. The fourth-order valence-corrected chi connectivity index (χ4v) is 5.60. The third-order valence-corrected chi connectivity index (χ3v) is 7.80. The van der Waals surface area contributed by atoms with Gasteiger partial charge in [-0.2, -0.15) is 4.98 Å². The summed E-state index contributed by atoms with van der Waals surface area (Å²) in [6.45, 7) is 5.23. The molecule has 4 aromatic rings. The van der Waals surface area contributed by atoms with Gasteiger partial charge in [0.05, 0.1) is 11.9 Å². The third kappa shape index (κ3) is 5.01. The maximum atomic E-state index is 15.2. The van der Waals surface area contributed by atoms with Crippen LogP contribution in [-0.2, 0) is 7.05 Å². The highest BCUT2D eigenvalue weighted by Crippen LogP contribution is 2.34. The van der Waals surface area contributed by atoms with Crippen molar-refractivity contribution in [2.24, 2.45) is 7.05 Å². The molecule has 9 nitrogen and oxygen atoms in total. The van der Waals surface area contributed by atoms with Crippen molar-refractivity contribution < 1.29 is 13.6 Å². The van der Waals surface area contributed by atoms with Crippen LogP contribution in [0, 0.1) is 18.6 Å². The van der Waals surface area contributed by atoms with Gasteiger partial charge in [-0.05, 0) is 55.7 Å². The van der Waals surface area contributed by atoms with E-state index in [1.54, 1.807) is 32.4 Å². The minimum Gasteiger partial charge on any atom is -0.370 e. The van der Waals surface area contributed by atoms with Crippen LogP contribution in [0.15, 0.2) is 47.5 Å². The van der Waals surface area contributed by atoms with Gasteiger partial charge in [0.2, 0.25) is 0 Å². The summed E-state index contributed by atoms with van der Waals surface area (Å²) in [5, 5.41) is 3.29. The summed E-state index contributed by atoms with van der Waals surface area (Å²) in [4.78, 5) is 37.1. The molecule has 3 aromatic heterocycles. The summed E-state index contributed by atoms with van der Waals surface area (Å²) in [6.07, 6.45) is 5.41. The molecule has 1 aliphatic rings. The molecular formula is C30H33F2N7O2. The van der Waals surface area contributed by atoms with Crippen LogP contribution < -0.4 is 11.0 Å². The van der Waals surface area contributed by atoms with Crippen LogP contribution in [0.2, 0.25) is 0 Å². The number of nitrogens with zero attached hydrogens (tertiary/aromatic N) is 6. The highest BCUT2D eigenvalue weighted by Gasteiger charge is 2.25. The highest BCUT2D eigenvalue weighted by atomic mass is 19.1. The van der Waals surface area contributed by atoms with E-state index in [0.29, 0.717) is 47.4 Å². The molecule has 5 rings (SSSR count). The first kappa shape index (κ1) is 28.2. The van der Waals surface area contributed by atoms with Crippen LogP contribution in [0.3, 0.4) is 0 Å². The number of amides is 1. The number of nitrogens with one attached hydrogen (secondary N) is 1. The van der Waals surface area contributed by atoms with E-state index < -0.39 is 11.5 Å². The standard InChI is InChI=1S/C30H33F2N7O2/c1-17-13-20(29(40)36(4)5)14-22(31)26(17)19-8-11-38(12-9-19)18(2)25-15-21-24(7-10-34-28(21)37(25)6)39-16-23(32)27(33-3)35-30(39)41/h7-8,10,13-16,18H,9,11-12H2,1-6H3,(H,33,35,41)/t18-/m0/s1. The summed E-state index contributed by atoms with van der Waals surface area (Å²) in [5.41, 5.74) is 4.07. The monoisotopic (exact) mass is 561 g/mol. The Morgan fingerprint density at radius 1 is 1.17 bits per heavy atom. The Morgan fingerprint density at radius 3 is 2.56 bits per heavy atom. The lowest BCUT2D eigenvalue weighted by atomic mass is 9.92. The number of hydrogen-bond donors (Lipinski definition) is 1. The topological polar surface area (TPSA) is 88.3 Å². The average molecular weight is 562 g/mol. The Kier molecular flexibility index (Phi) is 7.48. The van der Waals surface area contributed by atoms with E-state index in [1.807, 2.05) is 30.7 Å². The first-order chi connectivity index (χ1) is 19.5. The van der Waals surface area contributed by atoms with Crippen molar-refractivity contribution in [1.82, 2.24) is 28.9 Å². The normalized spacial score (nSPS) is 14.7. The molecule has 4 heterocycles. The first-order valence-electron chi connectivity index (χ1n) is 13.4. The van der Waals surface area contributed by atoms with Gasteiger partial charge in [-0.25, -0.2) is 18.6 Å². The largest absolute Gasteiger partial charge is 0.370 e. The molecule has 0 spiro atoms. The second-order valence-electron chi connectivity index (χ2n) is 10.5. The van der Waals surface area contributed by atoms with Crippen molar-refractivity contribution in [2.45, 2.75) is 26.3 Å². The zero-order chi connectivity index (χ0) is 29.6. The van der Waals surface area contributed by atoms with Crippen molar-refractivity contribution in [3.8, 4) is 5.69 Å². The number of carbonyl (C=O) groups is 1. The number of rotatable bonds is 6. The lowest BCUT2D eigenvalue weighted by Crippen LogP contribution is -2.32. The zero-order valence-corrected chi connectivity index (χ0v) is 24.0. The molecule has 1 atom stereocenters. The predicted octanol–water partition coefficient (Wildman–Crippen LogP) is 4.30. The van der Waals surface area contributed by atoms with Gasteiger partial charge in [-0.15, -0.1) is 0 Å². The van der Waals surface area contributed by atoms with E-state index in [1.165, 1.54) is 22.6 Å². The van der Waals surface area contributed by atoms with Crippen LogP contribution in [0.1, 0.15) is 46.6 Å². The molecular weight excluding hydrogens is 528 g/mol. The molecule has 1 aromatic carbocycles. The van der Waals surface area contributed by atoms with Crippen LogP contribution in [0.5, 0.6) is 0 Å². The zero-order valence-electron chi connectivity index (χ0n) is 24.0. The van der Waals surface area contributed by atoms with E-state index in [9.17, 15) is 14.0 Å². The molecule has 11 heteroatoms. The number of carbonyl (C=O) groups excluding carboxylic acids is 1. The van der Waals surface area contributed by atoms with E-state index in [4.69, 9.17) is 0 Å². The minimum atomic E-state index is -0.636. The molecule has 214 valence electrons. The molecule has 1 amide bonds. The summed E-state index contributed by atoms with van der Waals surface area (Å²) < 4.78 is 32.9. The third-order valence-electron chi connectivity index (χ3n) is 7.80. The minimum absolute atomic E-state index is 0.0240. The second-order valence-corrected chi connectivity index (χ2v) is 10.5. The average Bonchev–Trinajstić information content (AvgIpc) is 3.29. The van der Waals surface area contributed by atoms with Gasteiger partial charge >= 0.3 is 5.69 Å². The van der Waals surface area contributed by atoms with Gasteiger partial charge in [0.1, 0.15) is 11.5 Å². The van der Waals surface area contributed by atoms with Crippen LogP contribution in [0.25, 0.3) is 22.3 Å². The molecule has 0 fully saturated rings. The Morgan fingerprint density at radius 2 is 1.93 bits per heavy atom. The molecule has 0 unspecified atom stereocenters. The fraction of sp³-hybridized carbons (Fsp3) is 0.333. The summed E-state index contributed by atoms with van der Waals surface area (Å²) in [7, 11) is 6.71. The lowest BCUT2D eigenvalue weighted by molar-refractivity contribution is 0.0827. The van der Waals surface area contributed by atoms with E-state index in [0.717, 1.165) is 23.0 Å². The summed E-state index contributed by atoms with van der Waals surface area (Å²) in [6, 6.07) is 6.68. The van der Waals surface area contributed by atoms with Crippen molar-refractivity contribution in [1.29, 1.82) is 0 Å². The van der Waals surface area contributed by atoms with Crippen molar-refractivity contribution >= 4 is 28.3 Å². The van der Waals surface area contributed by atoms with Gasteiger partial charge < -0.3 is 14.8 Å². The summed E-state index contributed by atoms with van der Waals surface area (Å²) in [5.74, 6) is -1.36. The number of aryl methyl sites for hydroxylation is 2. The van der Waals surface area contributed by atoms with Crippen LogP contribution in [-0.4, -0.2) is 69.0 Å². The van der Waals surface area contributed by atoms with E-state index >= 15 is 4.39 Å². The Labute approximate surface area is 236 Å². The van der Waals surface area contributed by atoms with E-state index in [2.05, 4.69) is 27.1 Å². The van der Waals surface area contributed by atoms with Gasteiger partial charge in [0.25, 0.3) is 5.91 Å². The van der Waals surface area contributed by atoms with Crippen LogP contribution >= 0.6 is 0 Å². The van der Waals surface area contributed by atoms with Gasteiger partial charge in [-0.3, -0.25) is 14.3 Å². The lowest BCUT2D eigenvalue weighted by Gasteiger charge is -2.32.